The summed E-state index contributed by atoms with van der Waals surface area (Å²) in [7, 11) is 1.63. The molecular weight excluding hydrogens is 422 g/mol. The Morgan fingerprint density at radius 3 is 2.73 bits per heavy atom. The Hall–Kier alpha value is -2.88. The molecule has 4 aromatic rings. The summed E-state index contributed by atoms with van der Waals surface area (Å²) in [6, 6.07) is 10.7. The van der Waals surface area contributed by atoms with Gasteiger partial charge in [-0.25, -0.2) is 9.78 Å². The molecule has 0 aliphatic heterocycles. The lowest BCUT2D eigenvalue weighted by Crippen LogP contribution is -2.19. The molecule has 0 radical (unpaired) electrons. The topological polar surface area (TPSA) is 82.8 Å². The van der Waals surface area contributed by atoms with Crippen molar-refractivity contribution in [3.8, 4) is 0 Å². The Morgan fingerprint density at radius 1 is 1.13 bits per heavy atom. The molecule has 0 saturated heterocycles. The van der Waals surface area contributed by atoms with Gasteiger partial charge in [0.2, 0.25) is 0 Å². The van der Waals surface area contributed by atoms with E-state index in [0.29, 0.717) is 35.7 Å². The van der Waals surface area contributed by atoms with E-state index in [9.17, 15) is 9.59 Å². The summed E-state index contributed by atoms with van der Waals surface area (Å²) in [4.78, 5) is 34.1. The van der Waals surface area contributed by atoms with Crippen LogP contribution in [0, 0.1) is 0 Å². The zero-order chi connectivity index (χ0) is 21.1. The molecule has 2 aromatic carbocycles. The molecule has 2 aromatic heterocycles. The van der Waals surface area contributed by atoms with Gasteiger partial charge in [0.05, 0.1) is 44.7 Å². The SMILES string of the molecule is CCOC(=O)c1ccc2c(c1)sc(=NC(=O)c1ccc3ncsc3c1)n2CCOC. The number of benzene rings is 2. The van der Waals surface area contributed by atoms with Crippen LogP contribution in [0.25, 0.3) is 20.4 Å². The standard InChI is InChI=1S/C21H19N3O4S2/c1-3-28-20(26)14-5-7-16-18(11-14)30-21(24(16)8-9-27-2)23-19(25)13-4-6-15-17(10-13)29-12-22-15/h4-7,10-12H,3,8-9H2,1-2H3. The highest BCUT2D eigenvalue weighted by Crippen LogP contribution is 2.21. The van der Waals surface area contributed by atoms with Crippen LogP contribution in [0.5, 0.6) is 0 Å². The van der Waals surface area contributed by atoms with Crippen LogP contribution in [0.4, 0.5) is 0 Å². The van der Waals surface area contributed by atoms with Gasteiger partial charge in [0.25, 0.3) is 5.91 Å². The molecule has 0 unspecified atom stereocenters. The molecular formula is C21H19N3O4S2. The third-order valence-corrected chi connectivity index (χ3v) is 6.32. The number of ether oxygens (including phenoxy) is 2. The third-order valence-electron chi connectivity index (χ3n) is 4.49. The summed E-state index contributed by atoms with van der Waals surface area (Å²) in [5.74, 6) is -0.697. The molecule has 0 spiro atoms. The fourth-order valence-corrected chi connectivity index (χ4v) is 4.85. The van der Waals surface area contributed by atoms with E-state index in [1.54, 1.807) is 37.7 Å². The van der Waals surface area contributed by atoms with E-state index in [2.05, 4.69) is 9.98 Å². The monoisotopic (exact) mass is 441 g/mol. The van der Waals surface area contributed by atoms with Crippen molar-refractivity contribution in [2.24, 2.45) is 4.99 Å². The average Bonchev–Trinajstić information content (AvgIpc) is 3.35. The van der Waals surface area contributed by atoms with Gasteiger partial charge in [-0.15, -0.1) is 11.3 Å². The van der Waals surface area contributed by atoms with Gasteiger partial charge in [0, 0.05) is 19.2 Å². The summed E-state index contributed by atoms with van der Waals surface area (Å²) in [5.41, 5.74) is 4.48. The molecule has 9 heteroatoms. The second kappa shape index (κ2) is 8.86. The fourth-order valence-electron chi connectivity index (χ4n) is 3.04. The average molecular weight is 442 g/mol. The summed E-state index contributed by atoms with van der Waals surface area (Å²) in [6.07, 6.45) is 0. The number of carbonyl (C=O) groups is 2. The molecule has 0 bridgehead atoms. The van der Waals surface area contributed by atoms with E-state index in [1.807, 2.05) is 22.8 Å². The van der Waals surface area contributed by atoms with E-state index >= 15 is 0 Å². The number of esters is 1. The number of nitrogens with zero attached hydrogens (tertiary/aromatic N) is 3. The number of amides is 1. The first kappa shape index (κ1) is 20.4. The van der Waals surface area contributed by atoms with Crippen molar-refractivity contribution in [1.82, 2.24) is 9.55 Å². The number of methoxy groups -OCH3 is 1. The van der Waals surface area contributed by atoms with Gasteiger partial charge in [-0.1, -0.05) is 11.3 Å². The van der Waals surface area contributed by atoms with Crippen molar-refractivity contribution >= 4 is 55.0 Å². The summed E-state index contributed by atoms with van der Waals surface area (Å²) < 4.78 is 14.0. The van der Waals surface area contributed by atoms with Gasteiger partial charge in [-0.2, -0.15) is 4.99 Å². The van der Waals surface area contributed by atoms with Gasteiger partial charge in [-0.05, 0) is 43.3 Å². The van der Waals surface area contributed by atoms with Gasteiger partial charge in [0.15, 0.2) is 4.80 Å². The van der Waals surface area contributed by atoms with Crippen LogP contribution >= 0.6 is 22.7 Å². The van der Waals surface area contributed by atoms with E-state index < -0.39 is 0 Å². The quantitative estimate of drug-likeness (QED) is 0.424. The second-order valence-corrected chi connectivity index (χ2v) is 8.28. The number of aromatic nitrogens is 2. The predicted molar refractivity (Wildman–Crippen MR) is 117 cm³/mol. The maximum atomic E-state index is 12.8. The molecule has 30 heavy (non-hydrogen) atoms. The molecule has 0 saturated carbocycles. The molecule has 0 aliphatic rings. The molecule has 2 heterocycles. The zero-order valence-electron chi connectivity index (χ0n) is 16.5. The molecule has 1 amide bonds. The van der Waals surface area contributed by atoms with Crippen LogP contribution in [0.3, 0.4) is 0 Å². The summed E-state index contributed by atoms with van der Waals surface area (Å²) >= 11 is 2.84. The molecule has 0 N–H and O–H groups in total. The van der Waals surface area contributed by atoms with Crippen molar-refractivity contribution in [2.75, 3.05) is 20.3 Å². The molecule has 4 rings (SSSR count). The first-order valence-electron chi connectivity index (χ1n) is 9.32. The number of hydrogen-bond donors (Lipinski definition) is 0. The normalized spacial score (nSPS) is 12.0. The van der Waals surface area contributed by atoms with Gasteiger partial charge in [0.1, 0.15) is 0 Å². The Balaban J connectivity index is 1.78. The van der Waals surface area contributed by atoms with Crippen LogP contribution in [0.1, 0.15) is 27.6 Å². The van der Waals surface area contributed by atoms with Gasteiger partial charge in [-0.3, -0.25) is 4.79 Å². The van der Waals surface area contributed by atoms with Crippen LogP contribution in [0.15, 0.2) is 46.9 Å². The minimum atomic E-state index is -0.372. The second-order valence-electron chi connectivity index (χ2n) is 6.38. The molecule has 7 nitrogen and oxygen atoms in total. The number of carbonyl (C=O) groups excluding carboxylic acids is 2. The largest absolute Gasteiger partial charge is 0.462 e. The Morgan fingerprint density at radius 2 is 1.93 bits per heavy atom. The van der Waals surface area contributed by atoms with Crippen LogP contribution in [-0.2, 0) is 16.0 Å². The maximum absolute atomic E-state index is 12.8. The maximum Gasteiger partial charge on any atom is 0.338 e. The lowest BCUT2D eigenvalue weighted by atomic mass is 10.2. The first-order valence-corrected chi connectivity index (χ1v) is 11.0. The van der Waals surface area contributed by atoms with E-state index in [4.69, 9.17) is 9.47 Å². The van der Waals surface area contributed by atoms with E-state index in [1.165, 1.54) is 22.7 Å². The van der Waals surface area contributed by atoms with Crippen molar-refractivity contribution < 1.29 is 19.1 Å². The van der Waals surface area contributed by atoms with Crippen molar-refractivity contribution in [2.45, 2.75) is 13.5 Å². The Bertz CT molecular complexity index is 1300. The summed E-state index contributed by atoms with van der Waals surface area (Å²) in [5, 5.41) is 0. The van der Waals surface area contributed by atoms with Crippen molar-refractivity contribution in [3.63, 3.8) is 0 Å². The van der Waals surface area contributed by atoms with Crippen molar-refractivity contribution in [3.05, 3.63) is 57.8 Å². The van der Waals surface area contributed by atoms with Crippen LogP contribution in [0.2, 0.25) is 0 Å². The van der Waals surface area contributed by atoms with Gasteiger partial charge >= 0.3 is 5.97 Å². The molecule has 0 fully saturated rings. The zero-order valence-corrected chi connectivity index (χ0v) is 18.1. The number of fused-ring (bicyclic) bond motifs is 2. The highest BCUT2D eigenvalue weighted by Gasteiger charge is 2.13. The number of hydrogen-bond acceptors (Lipinski definition) is 7. The lowest BCUT2D eigenvalue weighted by molar-refractivity contribution is 0.0526. The highest BCUT2D eigenvalue weighted by atomic mass is 32.1. The van der Waals surface area contributed by atoms with Crippen LogP contribution in [-0.4, -0.2) is 41.8 Å². The van der Waals surface area contributed by atoms with E-state index in [0.717, 1.165) is 20.4 Å². The number of thiazole rings is 2. The van der Waals surface area contributed by atoms with Gasteiger partial charge < -0.3 is 14.0 Å². The predicted octanol–water partition coefficient (Wildman–Crippen LogP) is 3.88. The van der Waals surface area contributed by atoms with Crippen LogP contribution < -0.4 is 4.80 Å². The lowest BCUT2D eigenvalue weighted by Gasteiger charge is -2.05. The molecule has 0 aliphatic carbocycles. The smallest absolute Gasteiger partial charge is 0.338 e. The minimum absolute atomic E-state index is 0.314. The third kappa shape index (κ3) is 4.04. The van der Waals surface area contributed by atoms with E-state index in [-0.39, 0.29) is 11.9 Å². The Labute approximate surface area is 180 Å². The molecule has 154 valence electrons. The first-order chi connectivity index (χ1) is 14.6. The molecule has 0 atom stereocenters. The Kier molecular flexibility index (Phi) is 6.03. The minimum Gasteiger partial charge on any atom is -0.462 e. The number of rotatable bonds is 6. The highest BCUT2D eigenvalue weighted by molar-refractivity contribution is 7.17. The van der Waals surface area contributed by atoms with Crippen molar-refractivity contribution in [1.29, 1.82) is 0 Å². The fraction of sp³-hybridized carbons (Fsp3) is 0.238. The summed E-state index contributed by atoms with van der Waals surface area (Å²) in [6.45, 7) is 3.09.